The first-order valence-electron chi connectivity index (χ1n) is 23.9. The lowest BCUT2D eigenvalue weighted by atomic mass is 9.84. The van der Waals surface area contributed by atoms with Crippen LogP contribution in [0, 0.1) is 6.92 Å². The Morgan fingerprint density at radius 2 is 0.735 bits per heavy atom. The standard InChI is InChI=1S/C67H47N/c1-44-32-33-49-43-63(53-23-9-8-22-52(53)62(49)42-44)68(50-38-34-47(35-39-50)66-58-28-14-10-24-54(58)64(45-18-4-2-5-19-45)55-25-11-15-29-59(55)66)51-40-36-48(37-41-51)67-60-30-16-12-26-56(60)65(46-20-6-3-7-21-46)57-27-13-17-31-61(57)67/h2,4-6,8-43H,3,7H2,1H3. The molecule has 320 valence electrons. The molecule has 0 bridgehead atoms. The van der Waals surface area contributed by atoms with E-state index in [-0.39, 0.29) is 0 Å². The van der Waals surface area contributed by atoms with Crippen LogP contribution in [0.4, 0.5) is 17.1 Å². The monoisotopic (exact) mass is 865 g/mol. The number of allylic oxidation sites excluding steroid dienone is 4. The summed E-state index contributed by atoms with van der Waals surface area (Å²) in [7, 11) is 0. The van der Waals surface area contributed by atoms with Crippen molar-refractivity contribution in [3.05, 3.63) is 254 Å². The molecule has 0 atom stereocenters. The summed E-state index contributed by atoms with van der Waals surface area (Å²) in [5.74, 6) is 0. The second kappa shape index (κ2) is 16.4. The minimum atomic E-state index is 1.07. The van der Waals surface area contributed by atoms with E-state index < -0.39 is 0 Å². The highest BCUT2D eigenvalue weighted by Crippen LogP contribution is 2.48. The van der Waals surface area contributed by atoms with E-state index in [1.807, 2.05) is 0 Å². The predicted octanol–water partition coefficient (Wildman–Crippen LogP) is 19.1. The van der Waals surface area contributed by atoms with Crippen molar-refractivity contribution >= 4 is 87.3 Å². The number of anilines is 3. The van der Waals surface area contributed by atoms with Crippen molar-refractivity contribution in [1.82, 2.24) is 0 Å². The molecule has 0 spiro atoms. The van der Waals surface area contributed by atoms with Crippen LogP contribution in [0.2, 0.25) is 0 Å². The van der Waals surface area contributed by atoms with E-state index in [4.69, 9.17) is 0 Å². The molecule has 0 saturated heterocycles. The zero-order valence-corrected chi connectivity index (χ0v) is 38.0. The predicted molar refractivity (Wildman–Crippen MR) is 294 cm³/mol. The second-order valence-corrected chi connectivity index (χ2v) is 18.3. The van der Waals surface area contributed by atoms with Gasteiger partial charge in [0.1, 0.15) is 0 Å². The van der Waals surface area contributed by atoms with Crippen molar-refractivity contribution in [3.8, 4) is 33.4 Å². The molecule has 0 aromatic heterocycles. The van der Waals surface area contributed by atoms with Crippen LogP contribution in [0.3, 0.4) is 0 Å². The Balaban J connectivity index is 1.00. The van der Waals surface area contributed by atoms with Crippen LogP contribution in [-0.4, -0.2) is 0 Å². The largest absolute Gasteiger partial charge is 0.310 e. The topological polar surface area (TPSA) is 3.24 Å². The van der Waals surface area contributed by atoms with Crippen molar-refractivity contribution in [3.63, 3.8) is 0 Å². The Morgan fingerprint density at radius 3 is 1.19 bits per heavy atom. The number of fused-ring (bicyclic) bond motifs is 7. The first-order chi connectivity index (χ1) is 33.7. The molecule has 1 aliphatic rings. The van der Waals surface area contributed by atoms with Gasteiger partial charge in [-0.2, -0.15) is 0 Å². The normalized spacial score (nSPS) is 12.7. The maximum atomic E-state index is 2.46. The second-order valence-electron chi connectivity index (χ2n) is 18.3. The highest BCUT2D eigenvalue weighted by atomic mass is 15.1. The summed E-state index contributed by atoms with van der Waals surface area (Å²) in [5.41, 5.74) is 14.7. The summed E-state index contributed by atoms with van der Waals surface area (Å²) in [6, 6.07) is 83.4. The third-order valence-corrected chi connectivity index (χ3v) is 14.3. The first kappa shape index (κ1) is 39.8. The van der Waals surface area contributed by atoms with Gasteiger partial charge in [0.25, 0.3) is 0 Å². The Labute approximate surface area is 397 Å². The lowest BCUT2D eigenvalue weighted by Crippen LogP contribution is -2.10. The summed E-state index contributed by atoms with van der Waals surface area (Å²) in [4.78, 5) is 2.46. The van der Waals surface area contributed by atoms with Gasteiger partial charge in [0, 0.05) is 16.8 Å². The number of benzene rings is 12. The molecule has 0 amide bonds. The maximum Gasteiger partial charge on any atom is 0.0546 e. The average molecular weight is 866 g/mol. The highest BCUT2D eigenvalue weighted by molar-refractivity contribution is 6.22. The molecule has 12 aromatic rings. The fraction of sp³-hybridized carbons (Fsp3) is 0.0448. The van der Waals surface area contributed by atoms with Crippen LogP contribution in [0.5, 0.6) is 0 Å². The molecule has 0 saturated carbocycles. The van der Waals surface area contributed by atoms with Crippen LogP contribution in [0.15, 0.2) is 243 Å². The van der Waals surface area contributed by atoms with Crippen molar-refractivity contribution in [2.75, 3.05) is 4.90 Å². The van der Waals surface area contributed by atoms with Gasteiger partial charge in [0.15, 0.2) is 0 Å². The molecule has 1 heteroatoms. The summed E-state index contributed by atoms with van der Waals surface area (Å²) < 4.78 is 0. The van der Waals surface area contributed by atoms with Crippen molar-refractivity contribution in [1.29, 1.82) is 0 Å². The fourth-order valence-corrected chi connectivity index (χ4v) is 11.3. The number of hydrogen-bond donors (Lipinski definition) is 0. The van der Waals surface area contributed by atoms with Gasteiger partial charge in [0.2, 0.25) is 0 Å². The van der Waals surface area contributed by atoms with Gasteiger partial charge < -0.3 is 4.90 Å². The molecule has 0 unspecified atom stereocenters. The lowest BCUT2D eigenvalue weighted by molar-refractivity contribution is 1.04. The number of aryl methyl sites for hydroxylation is 1. The summed E-state index contributed by atoms with van der Waals surface area (Å²) in [5, 5.41) is 15.1. The van der Waals surface area contributed by atoms with Crippen LogP contribution in [0.25, 0.3) is 104 Å². The van der Waals surface area contributed by atoms with Gasteiger partial charge in [-0.1, -0.05) is 218 Å². The quantitative estimate of drug-likeness (QED) is 0.114. The Kier molecular flexibility index (Phi) is 9.61. The smallest absolute Gasteiger partial charge is 0.0546 e. The van der Waals surface area contributed by atoms with Crippen LogP contribution < -0.4 is 4.90 Å². The summed E-state index contributed by atoms with van der Waals surface area (Å²) in [6.45, 7) is 2.18. The lowest BCUT2D eigenvalue weighted by Gasteiger charge is -2.28. The van der Waals surface area contributed by atoms with Gasteiger partial charge in [-0.3, -0.25) is 0 Å². The molecule has 13 rings (SSSR count). The third-order valence-electron chi connectivity index (χ3n) is 14.3. The molecule has 1 aliphatic carbocycles. The van der Waals surface area contributed by atoms with Crippen molar-refractivity contribution < 1.29 is 0 Å². The maximum absolute atomic E-state index is 2.46. The molecule has 12 aromatic carbocycles. The van der Waals surface area contributed by atoms with E-state index in [9.17, 15) is 0 Å². The van der Waals surface area contributed by atoms with Gasteiger partial charge in [0.05, 0.1) is 5.69 Å². The molecule has 68 heavy (non-hydrogen) atoms. The molecular formula is C67H47N. The zero-order chi connectivity index (χ0) is 45.1. The van der Waals surface area contributed by atoms with E-state index in [0.717, 1.165) is 29.9 Å². The molecule has 0 radical (unpaired) electrons. The van der Waals surface area contributed by atoms with Crippen LogP contribution >= 0.6 is 0 Å². The third kappa shape index (κ3) is 6.54. The molecule has 0 heterocycles. The molecular weight excluding hydrogens is 819 g/mol. The minimum Gasteiger partial charge on any atom is -0.310 e. The Morgan fingerprint density at radius 1 is 0.324 bits per heavy atom. The van der Waals surface area contributed by atoms with E-state index in [2.05, 4.69) is 255 Å². The SMILES string of the molecule is Cc1ccc2cc(N(c3ccc(-c4c5ccccc5c(C5=CCCC=C5)c5ccccc45)cc3)c3ccc(-c4c5ccccc5c(-c5ccccc5)c5ccccc45)cc3)c3ccccc3c2c1. The van der Waals surface area contributed by atoms with E-state index in [1.54, 1.807) is 0 Å². The fourth-order valence-electron chi connectivity index (χ4n) is 11.3. The summed E-state index contributed by atoms with van der Waals surface area (Å²) in [6.07, 6.45) is 9.21. The van der Waals surface area contributed by atoms with Crippen molar-refractivity contribution in [2.45, 2.75) is 19.8 Å². The van der Waals surface area contributed by atoms with Gasteiger partial charge in [-0.25, -0.2) is 0 Å². The van der Waals surface area contributed by atoms with E-state index >= 15 is 0 Å². The van der Waals surface area contributed by atoms with E-state index in [1.165, 1.54) is 115 Å². The Hall–Kier alpha value is -8.52. The average Bonchev–Trinajstić information content (AvgIpc) is 3.40. The van der Waals surface area contributed by atoms with Gasteiger partial charge in [-0.05, 0) is 154 Å². The number of rotatable bonds is 7. The van der Waals surface area contributed by atoms with Crippen LogP contribution in [0.1, 0.15) is 24.0 Å². The highest BCUT2D eigenvalue weighted by Gasteiger charge is 2.22. The van der Waals surface area contributed by atoms with Gasteiger partial charge in [-0.15, -0.1) is 0 Å². The zero-order valence-electron chi connectivity index (χ0n) is 38.0. The molecule has 0 fully saturated rings. The van der Waals surface area contributed by atoms with E-state index in [0.29, 0.717) is 0 Å². The first-order valence-corrected chi connectivity index (χ1v) is 23.9. The summed E-state index contributed by atoms with van der Waals surface area (Å²) >= 11 is 0. The molecule has 0 N–H and O–H groups in total. The Bertz CT molecular complexity index is 3890. The number of nitrogens with zero attached hydrogens (tertiary/aromatic N) is 1. The molecule has 1 nitrogen and oxygen atoms in total. The van der Waals surface area contributed by atoms with Gasteiger partial charge >= 0.3 is 0 Å². The van der Waals surface area contributed by atoms with Crippen molar-refractivity contribution in [2.24, 2.45) is 0 Å². The minimum absolute atomic E-state index is 1.07. The number of hydrogen-bond acceptors (Lipinski definition) is 1. The van der Waals surface area contributed by atoms with Crippen LogP contribution in [-0.2, 0) is 0 Å². The molecule has 0 aliphatic heterocycles.